The summed E-state index contributed by atoms with van der Waals surface area (Å²) >= 11 is 0. The lowest BCUT2D eigenvalue weighted by Gasteiger charge is -2.43. The second-order valence-electron chi connectivity index (χ2n) is 8.14. The molecule has 1 saturated heterocycles. The zero-order valence-electron chi connectivity index (χ0n) is 18.3. The van der Waals surface area contributed by atoms with E-state index in [-0.39, 0.29) is 18.4 Å². The lowest BCUT2D eigenvalue weighted by molar-refractivity contribution is -0.138. The minimum atomic E-state index is -0.853. The monoisotopic (exact) mass is 427 g/mol. The van der Waals surface area contributed by atoms with Gasteiger partial charge in [-0.2, -0.15) is 0 Å². The van der Waals surface area contributed by atoms with Crippen LogP contribution in [-0.4, -0.2) is 67.6 Å². The molecule has 1 aliphatic heterocycles. The molecule has 0 amide bonds. The maximum absolute atomic E-state index is 10.9. The van der Waals surface area contributed by atoms with E-state index in [4.69, 9.17) is 14.6 Å². The fraction of sp³-hybridized carbons (Fsp3) is 0.480. The number of ether oxygens (including phenoxy) is 2. The average Bonchev–Trinajstić information content (AvgIpc) is 2.79. The number of hydrogen-bond donors (Lipinski definition) is 2. The molecule has 0 radical (unpaired) electrons. The van der Waals surface area contributed by atoms with Crippen LogP contribution in [0.1, 0.15) is 36.0 Å². The van der Waals surface area contributed by atoms with E-state index in [0.29, 0.717) is 18.8 Å². The minimum absolute atomic E-state index is 0.0114. The second kappa shape index (κ2) is 11.3. The van der Waals surface area contributed by atoms with Gasteiger partial charge in [0.25, 0.3) is 0 Å². The van der Waals surface area contributed by atoms with E-state index in [1.54, 1.807) is 13.2 Å². The Morgan fingerprint density at radius 3 is 2.48 bits per heavy atom. The van der Waals surface area contributed by atoms with Crippen molar-refractivity contribution in [3.05, 3.63) is 65.2 Å². The van der Waals surface area contributed by atoms with Crippen molar-refractivity contribution in [1.82, 2.24) is 4.90 Å². The predicted octanol–water partition coefficient (Wildman–Crippen LogP) is 3.45. The topological polar surface area (TPSA) is 79.2 Å². The highest BCUT2D eigenvalue weighted by atomic mass is 16.5. The molecule has 2 N–H and O–H groups in total. The van der Waals surface area contributed by atoms with Crippen LogP contribution in [0.5, 0.6) is 5.75 Å². The standard InChI is InChI=1S/C25H33NO5/c1-30-18-15-26-13-11-25(12-14-26,21-5-3-2-4-6-21)22-19-20(7-8-23(22)27)9-16-31-17-10-24(28)29/h2-8,19,27H,9-18H2,1H3,(H,28,29). The molecule has 1 aliphatic rings. The molecule has 3 rings (SSSR count). The van der Waals surface area contributed by atoms with Crippen LogP contribution in [0.25, 0.3) is 0 Å². The number of carboxylic acids is 1. The number of aliphatic carboxylic acids is 1. The van der Waals surface area contributed by atoms with Crippen LogP contribution in [-0.2, 0) is 26.1 Å². The Bertz CT molecular complexity index is 831. The van der Waals surface area contributed by atoms with Gasteiger partial charge in [0.05, 0.1) is 26.2 Å². The summed E-state index contributed by atoms with van der Waals surface area (Å²) in [6.07, 6.45) is 2.54. The number of carboxylic acid groups (broad SMARTS) is 1. The van der Waals surface area contributed by atoms with Gasteiger partial charge < -0.3 is 24.6 Å². The molecule has 6 heteroatoms. The number of piperidine rings is 1. The predicted molar refractivity (Wildman–Crippen MR) is 120 cm³/mol. The van der Waals surface area contributed by atoms with Crippen LogP contribution >= 0.6 is 0 Å². The maximum atomic E-state index is 10.9. The van der Waals surface area contributed by atoms with Gasteiger partial charge in [-0.15, -0.1) is 0 Å². The zero-order chi connectivity index (χ0) is 22.1. The molecular weight excluding hydrogens is 394 g/mol. The molecule has 1 fully saturated rings. The lowest BCUT2D eigenvalue weighted by Crippen LogP contribution is -2.44. The van der Waals surface area contributed by atoms with Crippen LogP contribution in [0.15, 0.2) is 48.5 Å². The first-order chi connectivity index (χ1) is 15.0. The van der Waals surface area contributed by atoms with Gasteiger partial charge in [-0.1, -0.05) is 42.5 Å². The molecule has 31 heavy (non-hydrogen) atoms. The highest BCUT2D eigenvalue weighted by Crippen LogP contribution is 2.45. The molecule has 0 saturated carbocycles. The fourth-order valence-corrected chi connectivity index (χ4v) is 4.42. The first kappa shape index (κ1) is 23.3. The van der Waals surface area contributed by atoms with Crippen LogP contribution in [0, 0.1) is 0 Å². The molecule has 0 bridgehead atoms. The van der Waals surface area contributed by atoms with Gasteiger partial charge in [0.15, 0.2) is 0 Å². The molecule has 2 aromatic rings. The summed E-state index contributed by atoms with van der Waals surface area (Å²) in [5.41, 5.74) is 3.04. The first-order valence-corrected chi connectivity index (χ1v) is 10.9. The Labute approximate surface area is 184 Å². The summed E-state index contributed by atoms with van der Waals surface area (Å²) < 4.78 is 10.7. The Morgan fingerprint density at radius 1 is 1.06 bits per heavy atom. The summed E-state index contributed by atoms with van der Waals surface area (Å²) in [6, 6.07) is 16.3. The van der Waals surface area contributed by atoms with Crippen molar-refractivity contribution < 1.29 is 24.5 Å². The number of carbonyl (C=O) groups is 1. The van der Waals surface area contributed by atoms with E-state index in [1.165, 1.54) is 5.56 Å². The highest BCUT2D eigenvalue weighted by Gasteiger charge is 2.39. The van der Waals surface area contributed by atoms with Crippen LogP contribution in [0.3, 0.4) is 0 Å². The Balaban J connectivity index is 1.80. The number of phenols is 1. The molecule has 2 aromatic carbocycles. The largest absolute Gasteiger partial charge is 0.508 e. The summed E-state index contributed by atoms with van der Waals surface area (Å²) in [5, 5.41) is 19.6. The molecule has 1 heterocycles. The number of likely N-dealkylation sites (tertiary alicyclic amines) is 1. The molecular formula is C25H33NO5. The fourth-order valence-electron chi connectivity index (χ4n) is 4.42. The summed E-state index contributed by atoms with van der Waals surface area (Å²) in [4.78, 5) is 13.0. The van der Waals surface area contributed by atoms with Gasteiger partial charge in [-0.25, -0.2) is 0 Å². The van der Waals surface area contributed by atoms with Gasteiger partial charge >= 0.3 is 5.97 Å². The number of benzene rings is 2. The molecule has 0 aliphatic carbocycles. The van der Waals surface area contributed by atoms with Crippen molar-refractivity contribution in [2.75, 3.05) is 46.6 Å². The Kier molecular flexibility index (Phi) is 8.46. The highest BCUT2D eigenvalue weighted by molar-refractivity contribution is 5.66. The first-order valence-electron chi connectivity index (χ1n) is 10.9. The van der Waals surface area contributed by atoms with Gasteiger partial charge in [0.1, 0.15) is 5.75 Å². The van der Waals surface area contributed by atoms with E-state index >= 15 is 0 Å². The van der Waals surface area contributed by atoms with E-state index < -0.39 is 5.97 Å². The van der Waals surface area contributed by atoms with Crippen LogP contribution < -0.4 is 0 Å². The number of hydrogen-bond acceptors (Lipinski definition) is 5. The third kappa shape index (κ3) is 6.06. The molecule has 0 aromatic heterocycles. The van der Waals surface area contributed by atoms with Crippen LogP contribution in [0.2, 0.25) is 0 Å². The van der Waals surface area contributed by atoms with E-state index in [0.717, 1.165) is 50.2 Å². The Hall–Kier alpha value is -2.41. The van der Waals surface area contributed by atoms with Crippen molar-refractivity contribution in [3.63, 3.8) is 0 Å². The number of aromatic hydroxyl groups is 1. The SMILES string of the molecule is COCCN1CCC(c2ccccc2)(c2cc(CCOCCC(=O)O)ccc2O)CC1. The van der Waals surface area contributed by atoms with Crippen LogP contribution in [0.4, 0.5) is 0 Å². The van der Waals surface area contributed by atoms with Gasteiger partial charge in [-0.05, 0) is 49.5 Å². The zero-order valence-corrected chi connectivity index (χ0v) is 18.3. The molecule has 6 nitrogen and oxygen atoms in total. The number of phenolic OH excluding ortho intramolecular Hbond substituents is 1. The summed E-state index contributed by atoms with van der Waals surface area (Å²) in [6.45, 7) is 4.20. The third-order valence-corrected chi connectivity index (χ3v) is 6.22. The molecule has 0 atom stereocenters. The van der Waals surface area contributed by atoms with Gasteiger partial charge in [-0.3, -0.25) is 4.79 Å². The smallest absolute Gasteiger partial charge is 0.305 e. The lowest BCUT2D eigenvalue weighted by atomic mass is 9.67. The van der Waals surface area contributed by atoms with E-state index in [2.05, 4.69) is 35.2 Å². The number of rotatable bonds is 11. The number of nitrogens with zero attached hydrogens (tertiary/aromatic N) is 1. The minimum Gasteiger partial charge on any atom is -0.508 e. The van der Waals surface area contributed by atoms with Crippen molar-refractivity contribution >= 4 is 5.97 Å². The van der Waals surface area contributed by atoms with Crippen molar-refractivity contribution in [2.24, 2.45) is 0 Å². The molecule has 0 spiro atoms. The summed E-state index contributed by atoms with van der Waals surface area (Å²) in [5.74, 6) is -0.529. The normalized spacial score (nSPS) is 16.3. The average molecular weight is 428 g/mol. The quantitative estimate of drug-likeness (QED) is 0.535. The third-order valence-electron chi connectivity index (χ3n) is 6.22. The molecule has 0 unspecified atom stereocenters. The van der Waals surface area contributed by atoms with Crippen molar-refractivity contribution in [2.45, 2.75) is 31.1 Å². The van der Waals surface area contributed by atoms with Gasteiger partial charge in [0, 0.05) is 24.6 Å². The van der Waals surface area contributed by atoms with Crippen molar-refractivity contribution in [1.29, 1.82) is 0 Å². The van der Waals surface area contributed by atoms with Crippen molar-refractivity contribution in [3.8, 4) is 5.75 Å². The maximum Gasteiger partial charge on any atom is 0.305 e. The summed E-state index contributed by atoms with van der Waals surface area (Å²) in [7, 11) is 1.73. The van der Waals surface area contributed by atoms with Gasteiger partial charge in [0.2, 0.25) is 0 Å². The Morgan fingerprint density at radius 2 is 1.81 bits per heavy atom. The van der Waals surface area contributed by atoms with E-state index in [9.17, 15) is 9.90 Å². The second-order valence-corrected chi connectivity index (χ2v) is 8.14. The number of methoxy groups -OCH3 is 1. The molecule has 168 valence electrons. The van der Waals surface area contributed by atoms with E-state index in [1.807, 2.05) is 12.1 Å².